The van der Waals surface area contributed by atoms with E-state index in [0.29, 0.717) is 12.8 Å². The van der Waals surface area contributed by atoms with Crippen molar-refractivity contribution in [3.63, 3.8) is 0 Å². The highest BCUT2D eigenvalue weighted by Gasteiger charge is 2.61. The van der Waals surface area contributed by atoms with Crippen LogP contribution in [0.3, 0.4) is 0 Å². The lowest BCUT2D eigenvalue weighted by molar-refractivity contribution is -0.386. The number of benzene rings is 9. The van der Waals surface area contributed by atoms with Crippen LogP contribution >= 0.6 is 0 Å². The Hall–Kier alpha value is -9.23. The smallest absolute Gasteiger partial charge is 0.311 e. The van der Waals surface area contributed by atoms with Crippen LogP contribution in [0.15, 0.2) is 280 Å². The number of nitrogens with zero attached hydrogens (tertiary/aromatic N) is 1. The molecule has 4 aliphatic rings. The fraction of sp³-hybridized carbons (Fsp3) is 0.359. The van der Waals surface area contributed by atoms with Crippen molar-refractivity contribution in [3.8, 4) is 0 Å². The highest BCUT2D eigenvalue weighted by atomic mass is 16.8. The van der Waals surface area contributed by atoms with E-state index in [1.807, 2.05) is 249 Å². The van der Waals surface area contributed by atoms with Gasteiger partial charge >= 0.3 is 5.97 Å². The molecule has 0 spiro atoms. The number of rotatable bonds is 38. The Labute approximate surface area is 650 Å². The summed E-state index contributed by atoms with van der Waals surface area (Å²) in [5.74, 6) is -1.93. The summed E-state index contributed by atoms with van der Waals surface area (Å²) >= 11 is 0. The van der Waals surface area contributed by atoms with E-state index in [1.165, 1.54) is 0 Å². The van der Waals surface area contributed by atoms with Crippen molar-refractivity contribution in [2.45, 2.75) is 179 Å². The third-order valence-corrected chi connectivity index (χ3v) is 19.8. The van der Waals surface area contributed by atoms with Gasteiger partial charge < -0.3 is 71.1 Å². The van der Waals surface area contributed by atoms with E-state index >= 15 is 14.4 Å². The van der Waals surface area contributed by atoms with Crippen LogP contribution < -0.4 is 0 Å². The zero-order chi connectivity index (χ0) is 76.6. The van der Waals surface area contributed by atoms with Crippen molar-refractivity contribution in [2.75, 3.05) is 26.4 Å². The van der Waals surface area contributed by atoms with E-state index in [9.17, 15) is 0 Å². The summed E-state index contributed by atoms with van der Waals surface area (Å²) in [6.45, 7) is 9.93. The highest BCUT2D eigenvalue weighted by Crippen LogP contribution is 2.42. The first kappa shape index (κ1) is 79.8. The number of ether oxygens (including phenoxy) is 15. The van der Waals surface area contributed by atoms with Crippen LogP contribution in [0, 0.1) is 5.41 Å². The molecule has 2 amide bonds. The first-order valence-electron chi connectivity index (χ1n) is 38.2. The zero-order valence-electron chi connectivity index (χ0n) is 63.0. The first-order valence-corrected chi connectivity index (χ1v) is 38.2. The average Bonchev–Trinajstić information content (AvgIpc) is 1.70. The summed E-state index contributed by atoms with van der Waals surface area (Å²) in [6.07, 6.45) is -14.5. The molecule has 580 valence electrons. The molecule has 3 fully saturated rings. The van der Waals surface area contributed by atoms with Crippen LogP contribution in [0.5, 0.6) is 0 Å². The number of amides is 2. The van der Waals surface area contributed by atoms with Gasteiger partial charge in [0.1, 0.15) is 67.1 Å². The van der Waals surface area contributed by atoms with Crippen LogP contribution in [0.2, 0.25) is 0 Å². The van der Waals surface area contributed by atoms with Gasteiger partial charge in [-0.2, -0.15) is 0 Å². The summed E-state index contributed by atoms with van der Waals surface area (Å²) in [7, 11) is 0. The van der Waals surface area contributed by atoms with Gasteiger partial charge in [0.05, 0.1) is 95.8 Å². The Balaban J connectivity index is 0.970. The Morgan fingerprint density at radius 1 is 0.360 bits per heavy atom. The third-order valence-electron chi connectivity index (χ3n) is 19.8. The highest BCUT2D eigenvalue weighted by molar-refractivity contribution is 6.21. The molecular weight excluding hydrogens is 1410 g/mol. The van der Waals surface area contributed by atoms with Crippen molar-refractivity contribution < 1.29 is 85.4 Å². The van der Waals surface area contributed by atoms with Gasteiger partial charge in [0, 0.05) is 0 Å². The lowest BCUT2D eigenvalue weighted by atomic mass is 9.92. The second kappa shape index (κ2) is 40.3. The summed E-state index contributed by atoms with van der Waals surface area (Å²) < 4.78 is 108. The molecule has 9 aromatic rings. The molecular formula is C92H99NO18. The third kappa shape index (κ3) is 21.7. The topological polar surface area (TPSA) is 193 Å². The molecule has 4 heterocycles. The Bertz CT molecular complexity index is 4250. The number of fused-ring (bicyclic) bond motifs is 1. The second-order valence-electron chi connectivity index (χ2n) is 29.1. The van der Waals surface area contributed by atoms with Gasteiger partial charge in [0.2, 0.25) is 0 Å². The average molecular weight is 1510 g/mol. The number of allylic oxidation sites excluding steroid dienone is 1. The maximum absolute atomic E-state index is 16.0. The number of unbranched alkanes of at least 4 members (excludes halogenated alkanes) is 1. The predicted molar refractivity (Wildman–Crippen MR) is 415 cm³/mol. The summed E-state index contributed by atoms with van der Waals surface area (Å²) in [5.41, 5.74) is 6.02. The van der Waals surface area contributed by atoms with Gasteiger partial charge in [-0.1, -0.05) is 261 Å². The van der Waals surface area contributed by atoms with E-state index in [2.05, 4.69) is 6.58 Å². The molecule has 0 saturated carbocycles. The molecule has 0 bridgehead atoms. The van der Waals surface area contributed by atoms with Gasteiger partial charge in [0.15, 0.2) is 25.0 Å². The molecule has 3 saturated heterocycles. The van der Waals surface area contributed by atoms with Crippen LogP contribution in [0.1, 0.15) is 98.8 Å². The minimum absolute atomic E-state index is 0.0268. The van der Waals surface area contributed by atoms with E-state index in [1.54, 1.807) is 45.0 Å². The number of imide groups is 1. The minimum atomic E-state index is -1.67. The molecule has 0 aliphatic carbocycles. The monoisotopic (exact) mass is 1510 g/mol. The molecule has 15 atom stereocenters. The van der Waals surface area contributed by atoms with E-state index in [-0.39, 0.29) is 90.4 Å². The Morgan fingerprint density at radius 3 is 1.04 bits per heavy atom. The molecule has 0 aromatic heterocycles. The fourth-order valence-corrected chi connectivity index (χ4v) is 14.0. The molecule has 0 N–H and O–H groups in total. The molecule has 111 heavy (non-hydrogen) atoms. The Morgan fingerprint density at radius 2 is 0.667 bits per heavy atom. The normalized spacial score (nSPS) is 24.6. The van der Waals surface area contributed by atoms with Crippen molar-refractivity contribution in [2.24, 2.45) is 5.41 Å². The largest absolute Gasteiger partial charge is 0.454 e. The van der Waals surface area contributed by atoms with E-state index < -0.39 is 115 Å². The minimum Gasteiger partial charge on any atom is -0.454 e. The molecule has 19 heteroatoms. The number of carbonyl (C=O) groups excluding carboxylic acids is 3. The molecule has 4 aliphatic heterocycles. The zero-order valence-corrected chi connectivity index (χ0v) is 63.0. The fourth-order valence-electron chi connectivity index (χ4n) is 14.0. The number of esters is 1. The lowest BCUT2D eigenvalue weighted by Gasteiger charge is -2.53. The maximum Gasteiger partial charge on any atom is 0.311 e. The van der Waals surface area contributed by atoms with Crippen LogP contribution in [-0.4, -0.2) is 141 Å². The standard InChI is InChI=1S/C92H99NO18/c1-5-6-33-52-100-89-84(82(104-59-70-46-27-13-28-47-70)78(101-56-67-40-21-10-22-41-67)74(107-89)61-97-53-64-34-15-7-16-35-64)110-88-77(93-86(94)72-50-31-32-51-73(72)87(93)95)81(103-58-69-44-25-12-26-45-69)80(76(106-88)63-99-55-66-38-19-9-20-39-66)109-90-85(111-91(96)92(2,3)4)83(105-60-71-48-29-14-30-49-71)79(102-57-68-42-23-11-24-43-68)75(108-90)62-98-54-65-36-17-8-18-37-65/h5,7-32,34-51,74-85,88-90H,1,6,33,52-63H2,2-4H3/t74-,75-,76-,77-,78-,79+,80-,81-,82+,83+,84+,85-,88+,89+,90+/m1/s1. The number of hydrogen-bond acceptors (Lipinski definition) is 18. The lowest BCUT2D eigenvalue weighted by Crippen LogP contribution is -2.71. The van der Waals surface area contributed by atoms with Gasteiger partial charge in [0.25, 0.3) is 11.8 Å². The first-order chi connectivity index (χ1) is 54.4. The summed E-state index contributed by atoms with van der Waals surface area (Å²) in [4.78, 5) is 48.1. The van der Waals surface area contributed by atoms with Crippen molar-refractivity contribution in [1.82, 2.24) is 4.90 Å². The van der Waals surface area contributed by atoms with Gasteiger partial charge in [-0.25, -0.2) is 0 Å². The van der Waals surface area contributed by atoms with E-state index in [0.717, 1.165) is 49.4 Å². The quantitative estimate of drug-likeness (QED) is 0.0153. The van der Waals surface area contributed by atoms with Crippen molar-refractivity contribution in [1.29, 1.82) is 0 Å². The SMILES string of the molecule is C=CCCCO[C@H]1O[C@H](COCc2ccccc2)[C@@H](OCc2ccccc2)[C@H](OCc2ccccc2)[C@@H]1O[C@@H]1O[C@H](COCc2ccccc2)[C@@H](O[C@@H]2O[C@H](COCc3ccccc3)[C@H](OCc3ccccc3)[C@H](OCc3ccccc3)[C@H]2OC(=O)C(C)(C)C)[C@H](OCc2ccccc2)[C@H]1N1C(=O)c2ccccc2C1=O. The summed E-state index contributed by atoms with van der Waals surface area (Å²) in [5, 5.41) is 0. The van der Waals surface area contributed by atoms with Gasteiger partial charge in [-0.05, 0) is 90.3 Å². The van der Waals surface area contributed by atoms with Crippen LogP contribution in [-0.2, 0) is 129 Å². The molecule has 0 unspecified atom stereocenters. The van der Waals surface area contributed by atoms with Crippen molar-refractivity contribution in [3.05, 3.63) is 335 Å². The number of hydrogen-bond donors (Lipinski definition) is 0. The van der Waals surface area contributed by atoms with Crippen LogP contribution in [0.25, 0.3) is 0 Å². The molecule has 19 nitrogen and oxygen atoms in total. The van der Waals surface area contributed by atoms with Gasteiger partial charge in [-0.3, -0.25) is 19.3 Å². The van der Waals surface area contributed by atoms with E-state index in [4.69, 9.17) is 71.1 Å². The maximum atomic E-state index is 16.0. The molecule has 13 rings (SSSR count). The predicted octanol–water partition coefficient (Wildman–Crippen LogP) is 15.1. The van der Waals surface area contributed by atoms with Gasteiger partial charge in [-0.15, -0.1) is 6.58 Å². The van der Waals surface area contributed by atoms with Crippen molar-refractivity contribution >= 4 is 17.8 Å². The Kier molecular flexibility index (Phi) is 29.0. The second-order valence-corrected chi connectivity index (χ2v) is 29.1. The summed E-state index contributed by atoms with van der Waals surface area (Å²) in [6, 6.07) is 82.8. The molecule has 9 aromatic carbocycles. The molecule has 0 radical (unpaired) electrons. The number of carbonyl (C=O) groups is 3. The van der Waals surface area contributed by atoms with Crippen LogP contribution in [0.4, 0.5) is 0 Å².